The van der Waals surface area contributed by atoms with Crippen LogP contribution in [-0.4, -0.2) is 16.8 Å². The molecular weight excluding hydrogens is 246 g/mol. The van der Waals surface area contributed by atoms with Crippen LogP contribution in [0.5, 0.6) is 5.75 Å². The number of hydrogen-bond donors (Lipinski definition) is 0. The van der Waals surface area contributed by atoms with E-state index in [2.05, 4.69) is 13.8 Å². The van der Waals surface area contributed by atoms with Crippen LogP contribution in [0.15, 0.2) is 18.2 Å². The molecule has 104 valence electrons. The third-order valence-electron chi connectivity index (χ3n) is 2.69. The third kappa shape index (κ3) is 4.35. The average Bonchev–Trinajstić information content (AvgIpc) is 2.27. The molecule has 0 saturated heterocycles. The Bertz CT molecular complexity index is 482. The molecule has 5 heteroatoms. The summed E-state index contributed by atoms with van der Waals surface area (Å²) < 4.78 is 5.63. The molecule has 1 atom stereocenters. The number of nitro benzene ring substituents is 1. The Morgan fingerprint density at radius 3 is 2.47 bits per heavy atom. The van der Waals surface area contributed by atoms with E-state index >= 15 is 0 Å². The maximum atomic E-state index is 11.3. The quantitative estimate of drug-likeness (QED) is 0.447. The SMILES string of the molecule is CC(=O)c1ccc(OC(C)CC(C)C)cc1[N+](=O)[O-]. The number of hydrogen-bond acceptors (Lipinski definition) is 4. The van der Waals surface area contributed by atoms with Crippen molar-refractivity contribution in [2.24, 2.45) is 5.92 Å². The number of ether oxygens (including phenoxy) is 1. The van der Waals surface area contributed by atoms with E-state index in [0.717, 1.165) is 6.42 Å². The fraction of sp³-hybridized carbons (Fsp3) is 0.500. The summed E-state index contributed by atoms with van der Waals surface area (Å²) in [4.78, 5) is 21.7. The Balaban J connectivity index is 2.96. The summed E-state index contributed by atoms with van der Waals surface area (Å²) in [7, 11) is 0. The summed E-state index contributed by atoms with van der Waals surface area (Å²) in [6.45, 7) is 7.40. The summed E-state index contributed by atoms with van der Waals surface area (Å²) in [6.07, 6.45) is 0.838. The van der Waals surface area contributed by atoms with Gasteiger partial charge in [-0.15, -0.1) is 0 Å². The van der Waals surface area contributed by atoms with Gasteiger partial charge in [0.1, 0.15) is 5.75 Å². The lowest BCUT2D eigenvalue weighted by molar-refractivity contribution is -0.385. The predicted molar refractivity (Wildman–Crippen MR) is 72.6 cm³/mol. The molecule has 1 aromatic rings. The van der Waals surface area contributed by atoms with Gasteiger partial charge in [-0.1, -0.05) is 13.8 Å². The molecule has 0 radical (unpaired) electrons. The number of rotatable bonds is 6. The highest BCUT2D eigenvalue weighted by Crippen LogP contribution is 2.26. The number of Topliss-reactive ketones (excluding diaryl/α,β-unsaturated/α-hetero) is 1. The molecule has 0 fully saturated rings. The number of nitrogens with zero attached hydrogens (tertiary/aromatic N) is 1. The smallest absolute Gasteiger partial charge is 0.283 e. The standard InChI is InChI=1S/C14H19NO4/c1-9(2)7-10(3)19-12-5-6-13(11(4)16)14(8-12)15(17)18/h5-6,8-10H,7H2,1-4H3. The van der Waals surface area contributed by atoms with Crippen LogP contribution >= 0.6 is 0 Å². The van der Waals surface area contributed by atoms with E-state index in [4.69, 9.17) is 4.74 Å². The molecule has 1 aromatic carbocycles. The average molecular weight is 265 g/mol. The molecule has 0 bridgehead atoms. The van der Waals surface area contributed by atoms with Crippen LogP contribution in [0, 0.1) is 16.0 Å². The summed E-state index contributed by atoms with van der Waals surface area (Å²) in [5, 5.41) is 10.9. The summed E-state index contributed by atoms with van der Waals surface area (Å²) >= 11 is 0. The topological polar surface area (TPSA) is 69.4 Å². The number of benzene rings is 1. The van der Waals surface area contributed by atoms with E-state index in [1.54, 1.807) is 6.07 Å². The van der Waals surface area contributed by atoms with E-state index < -0.39 is 4.92 Å². The first kappa shape index (κ1) is 15.1. The van der Waals surface area contributed by atoms with Gasteiger partial charge in [0.2, 0.25) is 0 Å². The van der Waals surface area contributed by atoms with Crippen molar-refractivity contribution in [3.8, 4) is 5.75 Å². The van der Waals surface area contributed by atoms with Crippen LogP contribution in [0.1, 0.15) is 44.5 Å². The summed E-state index contributed by atoms with van der Waals surface area (Å²) in [5.74, 6) is 0.583. The number of ketones is 1. The third-order valence-corrected chi connectivity index (χ3v) is 2.69. The fourth-order valence-electron chi connectivity index (χ4n) is 1.98. The van der Waals surface area contributed by atoms with Crippen molar-refractivity contribution in [2.75, 3.05) is 0 Å². The van der Waals surface area contributed by atoms with Gasteiger partial charge in [0.15, 0.2) is 5.78 Å². The molecule has 0 aromatic heterocycles. The van der Waals surface area contributed by atoms with Crippen LogP contribution in [0.4, 0.5) is 5.69 Å². The van der Waals surface area contributed by atoms with Gasteiger partial charge < -0.3 is 4.74 Å². The van der Waals surface area contributed by atoms with E-state index in [0.29, 0.717) is 11.7 Å². The molecule has 1 rings (SSSR count). The Hall–Kier alpha value is -1.91. The second kappa shape index (κ2) is 6.31. The van der Waals surface area contributed by atoms with Crippen molar-refractivity contribution in [3.63, 3.8) is 0 Å². The zero-order valence-corrected chi connectivity index (χ0v) is 11.7. The van der Waals surface area contributed by atoms with Gasteiger partial charge in [0.25, 0.3) is 5.69 Å². The van der Waals surface area contributed by atoms with Crippen molar-refractivity contribution >= 4 is 11.5 Å². The molecule has 0 amide bonds. The first-order chi connectivity index (χ1) is 8.81. The zero-order chi connectivity index (χ0) is 14.6. The van der Waals surface area contributed by atoms with Gasteiger partial charge in [0, 0.05) is 0 Å². The van der Waals surface area contributed by atoms with Gasteiger partial charge >= 0.3 is 0 Å². The highest BCUT2D eigenvalue weighted by Gasteiger charge is 2.19. The largest absolute Gasteiger partial charge is 0.490 e. The lowest BCUT2D eigenvalue weighted by atomic mass is 10.1. The van der Waals surface area contributed by atoms with E-state index in [9.17, 15) is 14.9 Å². The molecule has 1 unspecified atom stereocenters. The maximum Gasteiger partial charge on any atom is 0.283 e. The minimum Gasteiger partial charge on any atom is -0.490 e. The molecule has 0 aliphatic rings. The minimum absolute atomic E-state index is 0.0252. The molecular formula is C14H19NO4. The molecule has 0 saturated carbocycles. The van der Waals surface area contributed by atoms with E-state index in [1.807, 2.05) is 6.92 Å². The van der Waals surface area contributed by atoms with Gasteiger partial charge in [0.05, 0.1) is 22.7 Å². The van der Waals surface area contributed by atoms with Gasteiger partial charge in [-0.05, 0) is 38.3 Å². The van der Waals surface area contributed by atoms with Crippen LogP contribution in [-0.2, 0) is 0 Å². The van der Waals surface area contributed by atoms with Gasteiger partial charge in [-0.25, -0.2) is 0 Å². The molecule has 0 N–H and O–H groups in total. The second-order valence-corrected chi connectivity index (χ2v) is 5.05. The maximum absolute atomic E-state index is 11.3. The van der Waals surface area contributed by atoms with Crippen LogP contribution in [0.25, 0.3) is 0 Å². The zero-order valence-electron chi connectivity index (χ0n) is 11.7. The highest BCUT2D eigenvalue weighted by atomic mass is 16.6. The lowest BCUT2D eigenvalue weighted by Gasteiger charge is -2.16. The van der Waals surface area contributed by atoms with Crippen LogP contribution < -0.4 is 4.74 Å². The van der Waals surface area contributed by atoms with E-state index in [1.165, 1.54) is 19.1 Å². The van der Waals surface area contributed by atoms with Crippen molar-refractivity contribution < 1.29 is 14.5 Å². The minimum atomic E-state index is -0.559. The Kier molecular flexibility index (Phi) is 5.03. The second-order valence-electron chi connectivity index (χ2n) is 5.05. The lowest BCUT2D eigenvalue weighted by Crippen LogP contribution is -2.14. The normalized spacial score (nSPS) is 12.3. The van der Waals surface area contributed by atoms with Crippen molar-refractivity contribution in [1.29, 1.82) is 0 Å². The van der Waals surface area contributed by atoms with Crippen molar-refractivity contribution in [1.82, 2.24) is 0 Å². The summed E-state index contributed by atoms with van der Waals surface area (Å²) in [5.41, 5.74) is -0.101. The predicted octanol–water partition coefficient (Wildman–Crippen LogP) is 3.61. The molecule has 5 nitrogen and oxygen atoms in total. The van der Waals surface area contributed by atoms with Crippen molar-refractivity contribution in [2.45, 2.75) is 40.2 Å². The molecule has 0 heterocycles. The Morgan fingerprint density at radius 2 is 2.00 bits per heavy atom. The highest BCUT2D eigenvalue weighted by molar-refractivity contribution is 5.98. The molecule has 19 heavy (non-hydrogen) atoms. The van der Waals surface area contributed by atoms with Gasteiger partial charge in [-0.2, -0.15) is 0 Å². The number of nitro groups is 1. The Labute approximate surface area is 112 Å². The monoisotopic (exact) mass is 265 g/mol. The Morgan fingerprint density at radius 1 is 1.37 bits per heavy atom. The fourth-order valence-corrected chi connectivity index (χ4v) is 1.98. The van der Waals surface area contributed by atoms with Crippen LogP contribution in [0.3, 0.4) is 0 Å². The van der Waals surface area contributed by atoms with Crippen LogP contribution in [0.2, 0.25) is 0 Å². The first-order valence-corrected chi connectivity index (χ1v) is 6.27. The van der Waals surface area contributed by atoms with Gasteiger partial charge in [-0.3, -0.25) is 14.9 Å². The molecule has 0 aliphatic carbocycles. The first-order valence-electron chi connectivity index (χ1n) is 6.27. The number of carbonyl (C=O) groups excluding carboxylic acids is 1. The molecule has 0 aliphatic heterocycles. The van der Waals surface area contributed by atoms with E-state index in [-0.39, 0.29) is 23.1 Å². The number of carbonyl (C=O) groups is 1. The summed E-state index contributed by atoms with van der Waals surface area (Å²) in [6, 6.07) is 4.35. The molecule has 0 spiro atoms. The van der Waals surface area contributed by atoms with Crippen molar-refractivity contribution in [3.05, 3.63) is 33.9 Å².